The Morgan fingerprint density at radius 3 is 2.94 bits per heavy atom. The molecule has 2 saturated heterocycles. The summed E-state index contributed by atoms with van der Waals surface area (Å²) in [4.78, 5) is 6.93. The molecule has 100 valence electrons. The first-order valence-corrected chi connectivity index (χ1v) is 7.36. The van der Waals surface area contributed by atoms with Crippen molar-refractivity contribution in [3.05, 3.63) is 18.2 Å². The van der Waals surface area contributed by atoms with Gasteiger partial charge in [0.25, 0.3) is 0 Å². The van der Waals surface area contributed by atoms with Gasteiger partial charge in [-0.05, 0) is 51.9 Å². The quantitative estimate of drug-likeness (QED) is 0.856. The van der Waals surface area contributed by atoms with Crippen molar-refractivity contribution >= 4 is 0 Å². The molecule has 2 aliphatic heterocycles. The van der Waals surface area contributed by atoms with Crippen LogP contribution >= 0.6 is 0 Å². The number of imidazole rings is 1. The van der Waals surface area contributed by atoms with Gasteiger partial charge >= 0.3 is 0 Å². The molecule has 0 saturated carbocycles. The Balaban J connectivity index is 1.51. The van der Waals surface area contributed by atoms with Gasteiger partial charge in [-0.3, -0.25) is 0 Å². The molecule has 0 spiro atoms. The number of nitrogens with one attached hydrogen (secondary N) is 1. The first kappa shape index (κ1) is 12.2. The van der Waals surface area contributed by atoms with Gasteiger partial charge in [-0.25, -0.2) is 4.98 Å². The summed E-state index contributed by atoms with van der Waals surface area (Å²) in [6.45, 7) is 7.27. The third-order valence-electron chi connectivity index (χ3n) is 4.30. The monoisotopic (exact) mass is 248 g/mol. The van der Waals surface area contributed by atoms with E-state index in [4.69, 9.17) is 0 Å². The minimum absolute atomic E-state index is 0.680. The third kappa shape index (κ3) is 2.75. The van der Waals surface area contributed by atoms with Crippen molar-refractivity contribution in [1.82, 2.24) is 19.8 Å². The zero-order chi connectivity index (χ0) is 12.2. The summed E-state index contributed by atoms with van der Waals surface area (Å²) in [6.07, 6.45) is 9.38. The molecule has 1 aromatic heterocycles. The standard InChI is InChI=1S/C14H24N4/c1-2-7-17(6-1)8-3-9-18-12-16-11-14(18)13-4-5-15-10-13/h11-13,15H,1-10H2. The van der Waals surface area contributed by atoms with E-state index in [-0.39, 0.29) is 0 Å². The summed E-state index contributed by atoms with van der Waals surface area (Å²) in [5.74, 6) is 0.680. The maximum absolute atomic E-state index is 4.34. The van der Waals surface area contributed by atoms with Crippen molar-refractivity contribution in [2.24, 2.45) is 0 Å². The third-order valence-corrected chi connectivity index (χ3v) is 4.30. The summed E-state index contributed by atoms with van der Waals surface area (Å²) < 4.78 is 2.37. The smallest absolute Gasteiger partial charge is 0.0948 e. The van der Waals surface area contributed by atoms with Gasteiger partial charge in [0, 0.05) is 30.9 Å². The topological polar surface area (TPSA) is 33.1 Å². The molecule has 1 aromatic rings. The second-order valence-corrected chi connectivity index (χ2v) is 5.60. The molecule has 1 N–H and O–H groups in total. The van der Waals surface area contributed by atoms with Gasteiger partial charge in [-0.15, -0.1) is 0 Å². The molecule has 2 aliphatic rings. The Kier molecular flexibility index (Phi) is 3.96. The molecular formula is C14H24N4. The fourth-order valence-corrected chi connectivity index (χ4v) is 3.24. The minimum Gasteiger partial charge on any atom is -0.334 e. The van der Waals surface area contributed by atoms with Crippen LogP contribution in [0, 0.1) is 0 Å². The van der Waals surface area contributed by atoms with Crippen LogP contribution in [0.5, 0.6) is 0 Å². The lowest BCUT2D eigenvalue weighted by molar-refractivity contribution is 0.324. The highest BCUT2D eigenvalue weighted by Gasteiger charge is 2.20. The molecule has 0 aromatic carbocycles. The Morgan fingerprint density at radius 1 is 1.28 bits per heavy atom. The molecule has 4 nitrogen and oxygen atoms in total. The van der Waals surface area contributed by atoms with Crippen LogP contribution in [0.3, 0.4) is 0 Å². The highest BCUT2D eigenvalue weighted by molar-refractivity contribution is 5.09. The predicted octanol–water partition coefficient (Wildman–Crippen LogP) is 1.45. The van der Waals surface area contributed by atoms with Crippen LogP contribution in [0.25, 0.3) is 0 Å². The van der Waals surface area contributed by atoms with E-state index >= 15 is 0 Å². The summed E-state index contributed by atoms with van der Waals surface area (Å²) in [5.41, 5.74) is 1.43. The first-order chi connectivity index (χ1) is 8.93. The normalized spacial score (nSPS) is 25.0. The fraction of sp³-hybridized carbons (Fsp3) is 0.786. The van der Waals surface area contributed by atoms with E-state index in [1.807, 2.05) is 6.33 Å². The Morgan fingerprint density at radius 2 is 2.17 bits per heavy atom. The summed E-state index contributed by atoms with van der Waals surface area (Å²) in [5, 5.41) is 3.44. The van der Waals surface area contributed by atoms with Crippen molar-refractivity contribution in [3.8, 4) is 0 Å². The second kappa shape index (κ2) is 5.85. The molecule has 1 atom stereocenters. The van der Waals surface area contributed by atoms with E-state index < -0.39 is 0 Å². The maximum atomic E-state index is 4.34. The van der Waals surface area contributed by atoms with Crippen LogP contribution in [0.2, 0.25) is 0 Å². The van der Waals surface area contributed by atoms with Crippen LogP contribution in [-0.4, -0.2) is 47.2 Å². The van der Waals surface area contributed by atoms with Crippen molar-refractivity contribution in [2.45, 2.75) is 38.1 Å². The number of nitrogens with zero attached hydrogens (tertiary/aromatic N) is 3. The molecule has 0 radical (unpaired) electrons. The van der Waals surface area contributed by atoms with Crippen LogP contribution in [0.4, 0.5) is 0 Å². The lowest BCUT2D eigenvalue weighted by atomic mass is 10.1. The number of rotatable bonds is 5. The number of hydrogen-bond donors (Lipinski definition) is 1. The highest BCUT2D eigenvalue weighted by atomic mass is 15.1. The van der Waals surface area contributed by atoms with E-state index in [9.17, 15) is 0 Å². The van der Waals surface area contributed by atoms with Gasteiger partial charge in [0.1, 0.15) is 0 Å². The van der Waals surface area contributed by atoms with Gasteiger partial charge in [0.05, 0.1) is 6.33 Å². The Bertz CT molecular complexity index is 362. The average molecular weight is 248 g/mol. The Labute approximate surface area is 109 Å². The molecule has 3 heterocycles. The van der Waals surface area contributed by atoms with Crippen molar-refractivity contribution in [2.75, 3.05) is 32.7 Å². The fourth-order valence-electron chi connectivity index (χ4n) is 3.24. The molecule has 0 amide bonds. The van der Waals surface area contributed by atoms with Gasteiger partial charge < -0.3 is 14.8 Å². The average Bonchev–Trinajstić information content (AvgIpc) is 3.12. The summed E-state index contributed by atoms with van der Waals surface area (Å²) in [7, 11) is 0. The molecule has 0 aliphatic carbocycles. The zero-order valence-corrected chi connectivity index (χ0v) is 11.1. The van der Waals surface area contributed by atoms with E-state index in [0.717, 1.165) is 19.6 Å². The molecule has 18 heavy (non-hydrogen) atoms. The largest absolute Gasteiger partial charge is 0.334 e. The van der Waals surface area contributed by atoms with Crippen molar-refractivity contribution in [3.63, 3.8) is 0 Å². The van der Waals surface area contributed by atoms with Gasteiger partial charge in [0.2, 0.25) is 0 Å². The zero-order valence-electron chi connectivity index (χ0n) is 11.1. The molecule has 3 rings (SSSR count). The highest BCUT2D eigenvalue weighted by Crippen LogP contribution is 2.22. The molecule has 2 fully saturated rings. The van der Waals surface area contributed by atoms with Gasteiger partial charge in [-0.2, -0.15) is 0 Å². The molecule has 0 bridgehead atoms. The summed E-state index contributed by atoms with van der Waals surface area (Å²) in [6, 6.07) is 0. The van der Waals surface area contributed by atoms with E-state index in [1.165, 1.54) is 51.0 Å². The molecular weight excluding hydrogens is 224 g/mol. The SMILES string of the molecule is c1ncn(CCCN2CCCC2)c1C1CCNC1. The van der Waals surface area contributed by atoms with Crippen LogP contribution in [0.1, 0.15) is 37.3 Å². The predicted molar refractivity (Wildman–Crippen MR) is 72.7 cm³/mol. The Hall–Kier alpha value is -0.870. The second-order valence-electron chi connectivity index (χ2n) is 5.60. The van der Waals surface area contributed by atoms with Crippen LogP contribution < -0.4 is 5.32 Å². The lowest BCUT2D eigenvalue weighted by Crippen LogP contribution is -2.22. The van der Waals surface area contributed by atoms with E-state index in [2.05, 4.69) is 26.0 Å². The van der Waals surface area contributed by atoms with Crippen molar-refractivity contribution < 1.29 is 0 Å². The number of aromatic nitrogens is 2. The van der Waals surface area contributed by atoms with Crippen LogP contribution in [-0.2, 0) is 6.54 Å². The number of aryl methyl sites for hydroxylation is 1. The van der Waals surface area contributed by atoms with Gasteiger partial charge in [0.15, 0.2) is 0 Å². The van der Waals surface area contributed by atoms with E-state index in [0.29, 0.717) is 5.92 Å². The number of hydrogen-bond acceptors (Lipinski definition) is 3. The molecule has 4 heteroatoms. The molecule has 1 unspecified atom stereocenters. The van der Waals surface area contributed by atoms with E-state index in [1.54, 1.807) is 0 Å². The lowest BCUT2D eigenvalue weighted by Gasteiger charge is -2.16. The maximum Gasteiger partial charge on any atom is 0.0948 e. The van der Waals surface area contributed by atoms with Crippen LogP contribution in [0.15, 0.2) is 12.5 Å². The first-order valence-electron chi connectivity index (χ1n) is 7.36. The van der Waals surface area contributed by atoms with Gasteiger partial charge in [-0.1, -0.05) is 0 Å². The summed E-state index contributed by atoms with van der Waals surface area (Å²) >= 11 is 0. The van der Waals surface area contributed by atoms with Crippen molar-refractivity contribution in [1.29, 1.82) is 0 Å². The minimum atomic E-state index is 0.680. The number of likely N-dealkylation sites (tertiary alicyclic amines) is 1.